The van der Waals surface area contributed by atoms with E-state index < -0.39 is 17.3 Å². The first kappa shape index (κ1) is 15.5. The zero-order valence-corrected chi connectivity index (χ0v) is 12.5. The van der Waals surface area contributed by atoms with E-state index in [9.17, 15) is 14.7 Å². The second-order valence-electron chi connectivity index (χ2n) is 4.60. The van der Waals surface area contributed by atoms with Crippen molar-refractivity contribution in [1.29, 1.82) is 0 Å². The molecular formula is C13H17BrN2O3. The Morgan fingerprint density at radius 1 is 1.47 bits per heavy atom. The number of hydrogen-bond donors (Lipinski definition) is 3. The molecule has 4 N–H and O–H groups in total. The summed E-state index contributed by atoms with van der Waals surface area (Å²) in [5, 5.41) is 12.2. The van der Waals surface area contributed by atoms with Gasteiger partial charge in [0.25, 0.3) is 5.91 Å². The lowest BCUT2D eigenvalue weighted by molar-refractivity contribution is -0.147. The molecule has 1 rings (SSSR count). The number of aliphatic carboxylic acids is 1. The van der Waals surface area contributed by atoms with Crippen LogP contribution in [0.3, 0.4) is 0 Å². The minimum absolute atomic E-state index is 0.218. The fourth-order valence-electron chi connectivity index (χ4n) is 1.56. The van der Waals surface area contributed by atoms with Gasteiger partial charge in [0.15, 0.2) is 0 Å². The van der Waals surface area contributed by atoms with Crippen LogP contribution in [0, 0.1) is 5.41 Å². The van der Waals surface area contributed by atoms with Gasteiger partial charge in [0.1, 0.15) is 0 Å². The molecule has 1 amide bonds. The Labute approximate surface area is 120 Å². The monoisotopic (exact) mass is 328 g/mol. The summed E-state index contributed by atoms with van der Waals surface area (Å²) in [6.45, 7) is 3.69. The highest BCUT2D eigenvalue weighted by atomic mass is 79.9. The van der Waals surface area contributed by atoms with Crippen LogP contribution in [0.15, 0.2) is 22.7 Å². The Morgan fingerprint density at radius 3 is 2.58 bits per heavy atom. The number of rotatable bonds is 6. The Hall–Kier alpha value is -1.56. The lowest BCUT2D eigenvalue weighted by atomic mass is 9.87. The van der Waals surface area contributed by atoms with Gasteiger partial charge in [-0.1, -0.05) is 13.0 Å². The topological polar surface area (TPSA) is 92.4 Å². The van der Waals surface area contributed by atoms with Gasteiger partial charge >= 0.3 is 5.97 Å². The minimum Gasteiger partial charge on any atom is -0.481 e. The second kappa shape index (κ2) is 6.06. The maximum absolute atomic E-state index is 11.4. The summed E-state index contributed by atoms with van der Waals surface area (Å²) in [5.41, 5.74) is 5.29. The van der Waals surface area contributed by atoms with E-state index in [4.69, 9.17) is 5.73 Å². The van der Waals surface area contributed by atoms with Crippen LogP contribution in [0.2, 0.25) is 0 Å². The Bertz CT molecular complexity index is 505. The predicted octanol–water partition coefficient (Wildman–Crippen LogP) is 2.46. The van der Waals surface area contributed by atoms with Crippen LogP contribution in [0.1, 0.15) is 30.6 Å². The van der Waals surface area contributed by atoms with E-state index in [0.29, 0.717) is 22.1 Å². The molecular weight excluding hydrogens is 312 g/mol. The van der Waals surface area contributed by atoms with E-state index in [2.05, 4.69) is 21.2 Å². The SMILES string of the molecule is CCC(C)(CNc1cccc(Br)c1C(N)=O)C(=O)O. The molecule has 0 heterocycles. The van der Waals surface area contributed by atoms with Gasteiger partial charge in [-0.2, -0.15) is 0 Å². The van der Waals surface area contributed by atoms with Crippen LogP contribution in [-0.4, -0.2) is 23.5 Å². The van der Waals surface area contributed by atoms with E-state index in [-0.39, 0.29) is 6.54 Å². The number of benzene rings is 1. The van der Waals surface area contributed by atoms with Gasteiger partial charge in [-0.15, -0.1) is 0 Å². The number of nitrogens with one attached hydrogen (secondary N) is 1. The molecule has 0 aliphatic rings. The van der Waals surface area contributed by atoms with Crippen molar-refractivity contribution in [2.75, 3.05) is 11.9 Å². The largest absolute Gasteiger partial charge is 0.481 e. The molecule has 104 valence electrons. The minimum atomic E-state index is -0.892. The summed E-state index contributed by atoms with van der Waals surface area (Å²) < 4.78 is 0.582. The fraction of sp³-hybridized carbons (Fsp3) is 0.385. The van der Waals surface area contributed by atoms with Gasteiger partial charge in [-0.25, -0.2) is 0 Å². The zero-order valence-electron chi connectivity index (χ0n) is 10.9. The van der Waals surface area contributed by atoms with Crippen molar-refractivity contribution in [2.45, 2.75) is 20.3 Å². The quantitative estimate of drug-likeness (QED) is 0.747. The number of amides is 1. The predicted molar refractivity (Wildman–Crippen MR) is 77.2 cm³/mol. The van der Waals surface area contributed by atoms with Gasteiger partial charge < -0.3 is 16.2 Å². The van der Waals surface area contributed by atoms with Crippen molar-refractivity contribution >= 4 is 33.5 Å². The molecule has 0 saturated heterocycles. The molecule has 0 radical (unpaired) electrons. The average molecular weight is 329 g/mol. The van der Waals surface area contributed by atoms with Crippen molar-refractivity contribution in [3.63, 3.8) is 0 Å². The number of carboxylic acid groups (broad SMARTS) is 1. The number of anilines is 1. The third-order valence-electron chi connectivity index (χ3n) is 3.23. The van der Waals surface area contributed by atoms with Crippen molar-refractivity contribution in [2.24, 2.45) is 11.1 Å². The van der Waals surface area contributed by atoms with E-state index in [1.165, 1.54) is 0 Å². The lowest BCUT2D eigenvalue weighted by Crippen LogP contribution is -2.34. The molecule has 19 heavy (non-hydrogen) atoms. The Morgan fingerprint density at radius 2 is 2.11 bits per heavy atom. The Kier molecular flexibility index (Phi) is 4.94. The summed E-state index contributed by atoms with van der Waals surface area (Å²) in [6, 6.07) is 5.16. The van der Waals surface area contributed by atoms with Crippen molar-refractivity contribution in [3.8, 4) is 0 Å². The summed E-state index contributed by atoms with van der Waals surface area (Å²) in [7, 11) is 0. The van der Waals surface area contributed by atoms with Gasteiger partial charge in [-0.05, 0) is 41.4 Å². The molecule has 0 saturated carbocycles. The molecule has 0 aliphatic carbocycles. The summed E-state index contributed by atoms with van der Waals surface area (Å²) in [5.74, 6) is -1.44. The van der Waals surface area contributed by atoms with E-state index in [1.54, 1.807) is 25.1 Å². The summed E-state index contributed by atoms with van der Waals surface area (Å²) in [6.07, 6.45) is 0.481. The van der Waals surface area contributed by atoms with Crippen LogP contribution in [-0.2, 0) is 4.79 Å². The lowest BCUT2D eigenvalue weighted by Gasteiger charge is -2.24. The number of hydrogen-bond acceptors (Lipinski definition) is 3. The molecule has 1 atom stereocenters. The molecule has 1 aromatic carbocycles. The highest BCUT2D eigenvalue weighted by Gasteiger charge is 2.31. The average Bonchev–Trinajstić information content (AvgIpc) is 2.35. The van der Waals surface area contributed by atoms with Crippen LogP contribution in [0.5, 0.6) is 0 Å². The van der Waals surface area contributed by atoms with Crippen LogP contribution < -0.4 is 11.1 Å². The number of primary amides is 1. The number of carboxylic acids is 1. The van der Waals surface area contributed by atoms with E-state index >= 15 is 0 Å². The van der Waals surface area contributed by atoms with Crippen molar-refractivity contribution in [1.82, 2.24) is 0 Å². The molecule has 6 heteroatoms. The summed E-state index contributed by atoms with van der Waals surface area (Å²) in [4.78, 5) is 22.6. The number of carbonyl (C=O) groups is 2. The first-order valence-corrected chi connectivity index (χ1v) is 6.66. The first-order chi connectivity index (χ1) is 8.81. The van der Waals surface area contributed by atoms with Crippen LogP contribution in [0.25, 0.3) is 0 Å². The van der Waals surface area contributed by atoms with Gasteiger partial charge in [-0.3, -0.25) is 9.59 Å². The molecule has 0 fully saturated rings. The molecule has 1 aromatic rings. The van der Waals surface area contributed by atoms with Crippen molar-refractivity contribution in [3.05, 3.63) is 28.2 Å². The molecule has 1 unspecified atom stereocenters. The molecule has 5 nitrogen and oxygen atoms in total. The number of nitrogens with two attached hydrogens (primary N) is 1. The summed E-state index contributed by atoms with van der Waals surface area (Å²) >= 11 is 3.26. The maximum atomic E-state index is 11.4. The third kappa shape index (κ3) is 3.47. The molecule has 0 aliphatic heterocycles. The highest BCUT2D eigenvalue weighted by Crippen LogP contribution is 2.27. The second-order valence-corrected chi connectivity index (χ2v) is 5.45. The maximum Gasteiger partial charge on any atom is 0.311 e. The molecule has 0 aromatic heterocycles. The zero-order chi connectivity index (χ0) is 14.6. The number of halogens is 1. The van der Waals surface area contributed by atoms with Gasteiger partial charge in [0, 0.05) is 16.7 Å². The van der Waals surface area contributed by atoms with Crippen molar-refractivity contribution < 1.29 is 14.7 Å². The third-order valence-corrected chi connectivity index (χ3v) is 3.89. The van der Waals surface area contributed by atoms with Gasteiger partial charge in [0.05, 0.1) is 11.0 Å². The van der Waals surface area contributed by atoms with Crippen LogP contribution >= 0.6 is 15.9 Å². The normalized spacial score (nSPS) is 13.6. The standard InChI is InChI=1S/C13H17BrN2O3/c1-3-13(2,12(18)19)7-16-9-6-4-5-8(14)10(9)11(15)17/h4-6,16H,3,7H2,1-2H3,(H2,15,17)(H,18,19). The highest BCUT2D eigenvalue weighted by molar-refractivity contribution is 9.10. The fourth-order valence-corrected chi connectivity index (χ4v) is 2.13. The van der Waals surface area contributed by atoms with Crippen LogP contribution in [0.4, 0.5) is 5.69 Å². The first-order valence-electron chi connectivity index (χ1n) is 5.87. The molecule has 0 bridgehead atoms. The van der Waals surface area contributed by atoms with E-state index in [1.807, 2.05) is 6.92 Å². The molecule has 0 spiro atoms. The number of carbonyl (C=O) groups excluding carboxylic acids is 1. The van der Waals surface area contributed by atoms with Gasteiger partial charge in [0.2, 0.25) is 0 Å². The Balaban J connectivity index is 2.98. The van der Waals surface area contributed by atoms with E-state index in [0.717, 1.165) is 0 Å². The smallest absolute Gasteiger partial charge is 0.311 e.